The van der Waals surface area contributed by atoms with Gasteiger partial charge in [0, 0.05) is 6.42 Å². The van der Waals surface area contributed by atoms with Gasteiger partial charge in [-0.1, -0.05) is 0 Å². The Morgan fingerprint density at radius 1 is 0.765 bits per heavy atom. The van der Waals surface area contributed by atoms with E-state index in [1.54, 1.807) is 0 Å². The summed E-state index contributed by atoms with van der Waals surface area (Å²) in [4.78, 5) is 81.4. The molecule has 16 heteroatoms. The molecule has 0 aliphatic heterocycles. The molecule has 0 saturated carbocycles. The summed E-state index contributed by atoms with van der Waals surface area (Å²) in [5.74, 6) is -6.79. The lowest BCUT2D eigenvalue weighted by Crippen LogP contribution is -2.58. The van der Waals surface area contributed by atoms with Gasteiger partial charge in [0.25, 0.3) is 0 Å². The van der Waals surface area contributed by atoms with Crippen molar-refractivity contribution in [3.05, 3.63) is 0 Å². The van der Waals surface area contributed by atoms with Crippen LogP contribution in [0.1, 0.15) is 26.7 Å². The molecule has 0 saturated heterocycles. The van der Waals surface area contributed by atoms with Crippen molar-refractivity contribution in [3.63, 3.8) is 0 Å². The first-order valence-corrected chi connectivity index (χ1v) is 10.0. The van der Waals surface area contributed by atoms with Gasteiger partial charge < -0.3 is 47.6 Å². The number of nitrogens with two attached hydrogens (primary N) is 1. The van der Waals surface area contributed by atoms with Gasteiger partial charge in [0.2, 0.25) is 29.5 Å². The Morgan fingerprint density at radius 3 is 1.85 bits per heavy atom. The third-order valence-electron chi connectivity index (χ3n) is 4.22. The number of hydrogen-bond acceptors (Lipinski definition) is 9. The summed E-state index contributed by atoms with van der Waals surface area (Å²) >= 11 is 0. The van der Waals surface area contributed by atoms with Gasteiger partial charge in [-0.25, -0.2) is 0 Å². The smallest absolute Gasteiger partial charge is 0.325 e. The van der Waals surface area contributed by atoms with Crippen LogP contribution in [0.25, 0.3) is 0 Å². The maximum Gasteiger partial charge on any atom is 0.325 e. The van der Waals surface area contributed by atoms with Crippen LogP contribution in [0.3, 0.4) is 0 Å². The average molecular weight is 490 g/mol. The second-order valence-corrected chi connectivity index (χ2v) is 7.08. The Hall–Kier alpha value is -3.79. The van der Waals surface area contributed by atoms with Gasteiger partial charge in [0.15, 0.2) is 0 Å². The Morgan fingerprint density at radius 2 is 1.35 bits per heavy atom. The highest BCUT2D eigenvalue weighted by molar-refractivity contribution is 5.95. The van der Waals surface area contributed by atoms with Crippen molar-refractivity contribution in [2.24, 2.45) is 5.73 Å². The van der Waals surface area contributed by atoms with Gasteiger partial charge in [-0.3, -0.25) is 33.6 Å². The molecule has 0 aromatic heterocycles. The SMILES string of the molecule is CC(NC(=O)CNC(=O)C(C)NC(=O)C(CO)NC(=O)C(CCC(=O)O)NC(=O)CN)C(=O)O. The van der Waals surface area contributed by atoms with Crippen LogP contribution in [0, 0.1) is 0 Å². The summed E-state index contributed by atoms with van der Waals surface area (Å²) in [5, 5.41) is 37.8. The molecule has 0 aromatic rings. The average Bonchev–Trinajstić information content (AvgIpc) is 2.77. The summed E-state index contributed by atoms with van der Waals surface area (Å²) in [6, 6.07) is -5.29. The number of aliphatic hydroxyl groups excluding tert-OH is 1. The maximum atomic E-state index is 12.4. The quantitative estimate of drug-likeness (QED) is 0.105. The molecule has 0 spiro atoms. The highest BCUT2D eigenvalue weighted by Crippen LogP contribution is 2.00. The second-order valence-electron chi connectivity index (χ2n) is 7.08. The summed E-state index contributed by atoms with van der Waals surface area (Å²) in [7, 11) is 0. The van der Waals surface area contributed by atoms with Gasteiger partial charge in [-0.15, -0.1) is 0 Å². The predicted molar refractivity (Wildman–Crippen MR) is 113 cm³/mol. The van der Waals surface area contributed by atoms with E-state index in [0.717, 1.165) is 0 Å². The van der Waals surface area contributed by atoms with Crippen molar-refractivity contribution in [1.29, 1.82) is 0 Å². The minimum Gasteiger partial charge on any atom is -0.481 e. The van der Waals surface area contributed by atoms with E-state index in [4.69, 9.17) is 15.9 Å². The largest absolute Gasteiger partial charge is 0.481 e. The van der Waals surface area contributed by atoms with Gasteiger partial charge >= 0.3 is 11.9 Å². The van der Waals surface area contributed by atoms with Gasteiger partial charge in [-0.05, 0) is 20.3 Å². The van der Waals surface area contributed by atoms with Crippen molar-refractivity contribution in [2.45, 2.75) is 50.9 Å². The molecule has 0 radical (unpaired) electrons. The molecule has 0 fully saturated rings. The number of rotatable bonds is 15. The van der Waals surface area contributed by atoms with E-state index >= 15 is 0 Å². The first kappa shape index (κ1) is 30.2. The molecule has 4 unspecified atom stereocenters. The Labute approximate surface area is 194 Å². The molecule has 0 bridgehead atoms. The molecule has 0 rings (SSSR count). The topological polar surface area (TPSA) is 266 Å². The number of amides is 5. The van der Waals surface area contributed by atoms with Crippen LogP contribution in [0.15, 0.2) is 0 Å². The van der Waals surface area contributed by atoms with Crippen molar-refractivity contribution in [2.75, 3.05) is 19.7 Å². The van der Waals surface area contributed by atoms with E-state index in [1.165, 1.54) is 13.8 Å². The monoisotopic (exact) mass is 490 g/mol. The summed E-state index contributed by atoms with van der Waals surface area (Å²) in [6.45, 7) is 0.543. The van der Waals surface area contributed by atoms with Crippen LogP contribution in [0.2, 0.25) is 0 Å². The summed E-state index contributed by atoms with van der Waals surface area (Å²) < 4.78 is 0. The van der Waals surface area contributed by atoms with E-state index in [9.17, 15) is 38.7 Å². The normalized spacial score (nSPS) is 13.9. The Balaban J connectivity index is 4.90. The standard InChI is InChI=1S/C18H30N6O10/c1-8(15(30)20-6-13(27)21-9(2)18(33)34)22-17(32)11(7-25)24-16(31)10(3-4-14(28)29)23-12(26)5-19/h8-11,25H,3-7,19H2,1-2H3,(H,20,30)(H,21,27)(H,22,32)(H,23,26)(H,24,31)(H,28,29)(H,33,34). The number of carbonyl (C=O) groups excluding carboxylic acids is 5. The first-order chi connectivity index (χ1) is 15.8. The Bertz CT molecular complexity index is 789. The van der Waals surface area contributed by atoms with E-state index in [-0.39, 0.29) is 6.42 Å². The predicted octanol–water partition coefficient (Wildman–Crippen LogP) is -5.02. The van der Waals surface area contributed by atoms with Crippen LogP contribution >= 0.6 is 0 Å². The van der Waals surface area contributed by atoms with Crippen molar-refractivity contribution >= 4 is 41.5 Å². The second kappa shape index (κ2) is 15.1. The lowest BCUT2D eigenvalue weighted by Gasteiger charge is -2.23. The minimum absolute atomic E-state index is 0.311. The lowest BCUT2D eigenvalue weighted by atomic mass is 10.1. The fourth-order valence-electron chi connectivity index (χ4n) is 2.31. The van der Waals surface area contributed by atoms with Crippen molar-refractivity contribution in [1.82, 2.24) is 26.6 Å². The minimum atomic E-state index is -1.55. The van der Waals surface area contributed by atoms with E-state index in [0.29, 0.717) is 0 Å². The molecular weight excluding hydrogens is 460 g/mol. The number of aliphatic hydroxyl groups is 1. The zero-order valence-corrected chi connectivity index (χ0v) is 18.6. The first-order valence-electron chi connectivity index (χ1n) is 10.0. The zero-order valence-electron chi connectivity index (χ0n) is 18.6. The molecule has 16 nitrogen and oxygen atoms in total. The number of carboxylic acid groups (broad SMARTS) is 2. The highest BCUT2D eigenvalue weighted by atomic mass is 16.4. The van der Waals surface area contributed by atoms with Crippen molar-refractivity contribution < 1.29 is 48.9 Å². The third-order valence-corrected chi connectivity index (χ3v) is 4.22. The number of hydrogen-bond donors (Lipinski definition) is 9. The molecule has 4 atom stereocenters. The maximum absolute atomic E-state index is 12.4. The molecule has 10 N–H and O–H groups in total. The number of nitrogens with one attached hydrogen (secondary N) is 5. The van der Waals surface area contributed by atoms with Crippen LogP contribution in [-0.2, 0) is 33.6 Å². The number of aliphatic carboxylic acids is 2. The van der Waals surface area contributed by atoms with Crippen LogP contribution in [-0.4, -0.2) is 101 Å². The van der Waals surface area contributed by atoms with Crippen LogP contribution < -0.4 is 32.3 Å². The molecule has 0 aliphatic carbocycles. The van der Waals surface area contributed by atoms with Gasteiger partial charge in [0.05, 0.1) is 19.7 Å². The zero-order chi connectivity index (χ0) is 26.4. The summed E-state index contributed by atoms with van der Waals surface area (Å²) in [5.41, 5.74) is 5.16. The highest BCUT2D eigenvalue weighted by Gasteiger charge is 2.28. The number of carboxylic acids is 2. The molecule has 0 aromatic carbocycles. The van der Waals surface area contributed by atoms with E-state index in [1.807, 2.05) is 0 Å². The number of carbonyl (C=O) groups is 7. The molecule has 192 valence electrons. The van der Waals surface area contributed by atoms with E-state index in [2.05, 4.69) is 26.6 Å². The third kappa shape index (κ3) is 11.7. The summed E-state index contributed by atoms with van der Waals surface area (Å²) in [6.07, 6.45) is -0.789. The molecule has 0 heterocycles. The van der Waals surface area contributed by atoms with E-state index < -0.39 is 91.8 Å². The van der Waals surface area contributed by atoms with Crippen LogP contribution in [0.4, 0.5) is 0 Å². The van der Waals surface area contributed by atoms with Gasteiger partial charge in [0.1, 0.15) is 24.2 Å². The molecular formula is C18H30N6O10. The fraction of sp³-hybridized carbons (Fsp3) is 0.611. The molecule has 5 amide bonds. The van der Waals surface area contributed by atoms with Crippen molar-refractivity contribution in [3.8, 4) is 0 Å². The fourth-order valence-corrected chi connectivity index (χ4v) is 2.31. The molecule has 0 aliphatic rings. The van der Waals surface area contributed by atoms with Gasteiger partial charge in [-0.2, -0.15) is 0 Å². The molecule has 34 heavy (non-hydrogen) atoms. The lowest BCUT2D eigenvalue weighted by molar-refractivity contribution is -0.141. The Kier molecular flexibility index (Phi) is 13.4. The van der Waals surface area contributed by atoms with Crippen LogP contribution in [0.5, 0.6) is 0 Å².